The number of hydrogen-bond acceptors (Lipinski definition) is 5. The van der Waals surface area contributed by atoms with Crippen molar-refractivity contribution in [1.29, 1.82) is 0 Å². The summed E-state index contributed by atoms with van der Waals surface area (Å²) in [6.07, 6.45) is 1.42. The first-order valence-corrected chi connectivity index (χ1v) is 10.1. The number of hydrogen-bond donors (Lipinski definition) is 3. The maximum Gasteiger partial charge on any atom is 0.204 e. The van der Waals surface area contributed by atoms with Crippen LogP contribution < -0.4 is 5.43 Å². The zero-order chi connectivity index (χ0) is 22.0. The molecule has 0 saturated heterocycles. The van der Waals surface area contributed by atoms with Gasteiger partial charge in [0.2, 0.25) is 5.43 Å². The normalized spacial score (nSPS) is 10.8. The maximum absolute atomic E-state index is 13.3. The summed E-state index contributed by atoms with van der Waals surface area (Å²) in [4.78, 5) is 13.3. The zero-order valence-electron chi connectivity index (χ0n) is 17.6. The Labute approximate surface area is 174 Å². The second-order valence-electron chi connectivity index (χ2n) is 6.97. The van der Waals surface area contributed by atoms with Crippen molar-refractivity contribution in [2.45, 2.75) is 40.5 Å². The van der Waals surface area contributed by atoms with Gasteiger partial charge in [0.25, 0.3) is 0 Å². The second-order valence-corrected chi connectivity index (χ2v) is 6.97. The summed E-state index contributed by atoms with van der Waals surface area (Å²) in [5.41, 5.74) is 1.60. The van der Waals surface area contributed by atoms with E-state index in [-0.39, 0.29) is 22.3 Å². The van der Waals surface area contributed by atoms with E-state index in [1.807, 2.05) is 32.9 Å². The molecule has 3 N–H and O–H groups in total. The molecule has 0 aliphatic rings. The molecule has 0 radical (unpaired) electrons. The third-order valence-corrected chi connectivity index (χ3v) is 5.00. The van der Waals surface area contributed by atoms with E-state index in [0.717, 1.165) is 17.2 Å². The van der Waals surface area contributed by atoms with Crippen LogP contribution in [0.3, 0.4) is 0 Å². The van der Waals surface area contributed by atoms with Gasteiger partial charge < -0.3 is 19.7 Å². The summed E-state index contributed by atoms with van der Waals surface area (Å²) in [5.74, 6) is -0.175. The number of phenolic OH excluding ortho intramolecular Hbond substituents is 3. The van der Waals surface area contributed by atoms with E-state index in [1.165, 1.54) is 6.07 Å². The Morgan fingerprint density at radius 2 is 1.60 bits per heavy atom. The molecule has 0 unspecified atom stereocenters. The predicted octanol–water partition coefficient (Wildman–Crippen LogP) is 6.02. The van der Waals surface area contributed by atoms with Gasteiger partial charge >= 0.3 is 0 Å². The molecule has 156 valence electrons. The Hall–Kier alpha value is -3.47. The van der Waals surface area contributed by atoms with Gasteiger partial charge in [-0.3, -0.25) is 4.79 Å². The zero-order valence-corrected chi connectivity index (χ0v) is 17.6. The third-order valence-electron chi connectivity index (χ3n) is 5.00. The first-order valence-electron chi connectivity index (χ1n) is 10.1. The van der Waals surface area contributed by atoms with Gasteiger partial charge in [-0.05, 0) is 59.5 Å². The summed E-state index contributed by atoms with van der Waals surface area (Å²) in [6, 6.07) is 11.9. The Morgan fingerprint density at radius 1 is 0.933 bits per heavy atom. The number of benzene rings is 3. The number of fused-ring (bicyclic) bond motifs is 2. The van der Waals surface area contributed by atoms with E-state index in [2.05, 4.69) is 0 Å². The Balaban J connectivity index is 0.00000124. The summed E-state index contributed by atoms with van der Waals surface area (Å²) in [7, 11) is 0. The highest BCUT2D eigenvalue weighted by atomic mass is 16.3. The Kier molecular flexibility index (Phi) is 6.01. The van der Waals surface area contributed by atoms with Gasteiger partial charge in [0.1, 0.15) is 22.5 Å². The van der Waals surface area contributed by atoms with Crippen LogP contribution in [0.1, 0.15) is 38.5 Å². The lowest BCUT2D eigenvalue weighted by molar-refractivity contribution is 0.406. The molecule has 0 spiro atoms. The maximum atomic E-state index is 13.3. The summed E-state index contributed by atoms with van der Waals surface area (Å²) in [6.45, 7) is 7.71. The summed E-state index contributed by atoms with van der Waals surface area (Å²) >= 11 is 0. The van der Waals surface area contributed by atoms with Crippen molar-refractivity contribution in [3.8, 4) is 28.4 Å². The minimum atomic E-state index is -0.462. The van der Waals surface area contributed by atoms with Crippen molar-refractivity contribution in [2.75, 3.05) is 0 Å². The van der Waals surface area contributed by atoms with Crippen molar-refractivity contribution >= 4 is 21.7 Å². The molecular weight excluding hydrogens is 380 g/mol. The fourth-order valence-electron chi connectivity index (χ4n) is 3.69. The smallest absolute Gasteiger partial charge is 0.204 e. The molecular formula is C25H26O5. The molecule has 30 heavy (non-hydrogen) atoms. The van der Waals surface area contributed by atoms with Gasteiger partial charge in [0.15, 0.2) is 11.5 Å². The fraction of sp³-hybridized carbons (Fsp3) is 0.240. The molecule has 1 heterocycles. The molecule has 0 aliphatic heterocycles. The van der Waals surface area contributed by atoms with Crippen LogP contribution in [0, 0.1) is 6.92 Å². The monoisotopic (exact) mass is 406 g/mol. The van der Waals surface area contributed by atoms with Crippen LogP contribution in [0.15, 0.2) is 51.7 Å². The largest absolute Gasteiger partial charge is 0.508 e. The number of aryl methyl sites for hydroxylation is 2. The van der Waals surface area contributed by atoms with Crippen LogP contribution in [-0.2, 0) is 6.42 Å². The molecule has 0 amide bonds. The number of aromatic hydroxyl groups is 3. The molecule has 0 fully saturated rings. The molecule has 0 bridgehead atoms. The van der Waals surface area contributed by atoms with E-state index >= 15 is 0 Å². The minimum Gasteiger partial charge on any atom is -0.508 e. The van der Waals surface area contributed by atoms with Crippen molar-refractivity contribution in [2.24, 2.45) is 0 Å². The van der Waals surface area contributed by atoms with Gasteiger partial charge in [-0.2, -0.15) is 0 Å². The highest BCUT2D eigenvalue weighted by molar-refractivity contribution is 5.94. The van der Waals surface area contributed by atoms with Crippen LogP contribution >= 0.6 is 0 Å². The van der Waals surface area contributed by atoms with Gasteiger partial charge in [0, 0.05) is 0 Å². The molecule has 4 rings (SSSR count). The molecule has 0 aliphatic carbocycles. The van der Waals surface area contributed by atoms with Crippen molar-refractivity contribution in [1.82, 2.24) is 0 Å². The molecule has 5 nitrogen and oxygen atoms in total. The van der Waals surface area contributed by atoms with E-state index in [0.29, 0.717) is 34.5 Å². The average molecular weight is 406 g/mol. The van der Waals surface area contributed by atoms with Gasteiger partial charge in [-0.1, -0.05) is 45.4 Å². The van der Waals surface area contributed by atoms with Gasteiger partial charge in [-0.15, -0.1) is 0 Å². The minimum absolute atomic E-state index is 0.00477. The summed E-state index contributed by atoms with van der Waals surface area (Å²) in [5, 5.41) is 31.8. The standard InChI is InChI=1S/C23H20O5.C2H6/c1-3-4-16-11-18(25)21(26)20-22(27)19(12(2)28-23(16)20)15-6-5-14-10-17(24)8-7-13(14)9-15;1-2/h5-11,24-26H,3-4H2,1-2H3;1-2H3. The van der Waals surface area contributed by atoms with E-state index in [1.54, 1.807) is 31.2 Å². The quantitative estimate of drug-likeness (QED) is 0.362. The lowest BCUT2D eigenvalue weighted by Crippen LogP contribution is -2.09. The van der Waals surface area contributed by atoms with Crippen LogP contribution in [-0.4, -0.2) is 15.3 Å². The van der Waals surface area contributed by atoms with Crippen LogP contribution in [0.4, 0.5) is 0 Å². The highest BCUT2D eigenvalue weighted by Crippen LogP contribution is 2.37. The third kappa shape index (κ3) is 3.59. The Bertz CT molecular complexity index is 1280. The van der Waals surface area contributed by atoms with Crippen molar-refractivity contribution < 1.29 is 19.7 Å². The van der Waals surface area contributed by atoms with Gasteiger partial charge in [-0.25, -0.2) is 0 Å². The van der Waals surface area contributed by atoms with Crippen LogP contribution in [0.5, 0.6) is 17.2 Å². The van der Waals surface area contributed by atoms with E-state index in [9.17, 15) is 20.1 Å². The lowest BCUT2D eigenvalue weighted by Gasteiger charge is -2.12. The molecule has 0 saturated carbocycles. The van der Waals surface area contributed by atoms with Crippen LogP contribution in [0.25, 0.3) is 32.9 Å². The average Bonchev–Trinajstić information content (AvgIpc) is 2.73. The molecule has 0 atom stereocenters. The highest BCUT2D eigenvalue weighted by Gasteiger charge is 2.21. The number of rotatable bonds is 3. The second kappa shape index (κ2) is 8.49. The molecule has 1 aromatic heterocycles. The predicted molar refractivity (Wildman–Crippen MR) is 121 cm³/mol. The van der Waals surface area contributed by atoms with Crippen molar-refractivity contribution in [3.05, 3.63) is 64.0 Å². The topological polar surface area (TPSA) is 90.9 Å². The SMILES string of the molecule is CC.CCCc1cc(O)c(O)c2c(=O)c(-c3ccc4cc(O)ccc4c3)c(C)oc12. The fourth-order valence-corrected chi connectivity index (χ4v) is 3.69. The first-order chi connectivity index (χ1) is 14.4. The first kappa shape index (κ1) is 21.2. The lowest BCUT2D eigenvalue weighted by atomic mass is 9.97. The molecule has 4 aromatic rings. The molecule has 5 heteroatoms. The van der Waals surface area contributed by atoms with E-state index in [4.69, 9.17) is 4.42 Å². The number of phenols is 3. The van der Waals surface area contributed by atoms with E-state index < -0.39 is 5.75 Å². The van der Waals surface area contributed by atoms with Crippen LogP contribution in [0.2, 0.25) is 0 Å². The van der Waals surface area contributed by atoms with Crippen molar-refractivity contribution in [3.63, 3.8) is 0 Å². The van der Waals surface area contributed by atoms with Gasteiger partial charge in [0.05, 0.1) is 5.56 Å². The Morgan fingerprint density at radius 3 is 2.30 bits per heavy atom. The molecule has 3 aromatic carbocycles. The summed E-state index contributed by atoms with van der Waals surface area (Å²) < 4.78 is 5.97.